The molecule has 0 N–H and O–H groups in total. The van der Waals surface area contributed by atoms with E-state index in [4.69, 9.17) is 4.74 Å². The zero-order chi connectivity index (χ0) is 12.0. The summed E-state index contributed by atoms with van der Waals surface area (Å²) in [5.74, 6) is -1.56. The number of hydrogen-bond donors (Lipinski definition) is 0. The van der Waals surface area contributed by atoms with Gasteiger partial charge in [-0.3, -0.25) is 0 Å². The molecule has 1 aromatic carbocycles. The molecule has 1 aromatic rings. The normalized spacial score (nSPS) is 33.0. The Labute approximate surface area is 99.2 Å². The molecule has 2 fully saturated rings. The fraction of sp³-hybridized carbons (Fsp3) is 0.538. The SMILES string of the molecule is CN1CCC[C@@H]1[C@H]1O[C@@H]1c1cccc(F)c1F. The number of halogens is 2. The molecule has 3 atom stereocenters. The summed E-state index contributed by atoms with van der Waals surface area (Å²) < 4.78 is 32.2. The third-order valence-corrected chi connectivity index (χ3v) is 3.77. The average molecular weight is 239 g/mol. The summed E-state index contributed by atoms with van der Waals surface area (Å²) in [4.78, 5) is 2.24. The summed E-state index contributed by atoms with van der Waals surface area (Å²) in [5.41, 5.74) is 0.357. The molecule has 0 unspecified atom stereocenters. The van der Waals surface area contributed by atoms with Crippen LogP contribution in [0.5, 0.6) is 0 Å². The predicted molar refractivity (Wildman–Crippen MR) is 59.6 cm³/mol. The van der Waals surface area contributed by atoms with E-state index in [0.717, 1.165) is 25.5 Å². The maximum absolute atomic E-state index is 13.6. The lowest BCUT2D eigenvalue weighted by Crippen LogP contribution is -2.30. The van der Waals surface area contributed by atoms with E-state index in [9.17, 15) is 8.78 Å². The minimum absolute atomic E-state index is 0.0267. The highest BCUT2D eigenvalue weighted by Gasteiger charge is 2.49. The van der Waals surface area contributed by atoms with Crippen molar-refractivity contribution in [2.24, 2.45) is 0 Å². The molecule has 0 aromatic heterocycles. The predicted octanol–water partition coefficient (Wildman–Crippen LogP) is 2.50. The van der Waals surface area contributed by atoms with E-state index >= 15 is 0 Å². The molecule has 0 spiro atoms. The minimum atomic E-state index is -0.795. The molecule has 92 valence electrons. The molecule has 2 saturated heterocycles. The van der Waals surface area contributed by atoms with E-state index in [2.05, 4.69) is 11.9 Å². The maximum atomic E-state index is 13.6. The van der Waals surface area contributed by atoms with E-state index in [0.29, 0.717) is 11.6 Å². The van der Waals surface area contributed by atoms with Crippen LogP contribution in [0.1, 0.15) is 24.5 Å². The van der Waals surface area contributed by atoms with Gasteiger partial charge in [0.05, 0.1) is 0 Å². The van der Waals surface area contributed by atoms with Crippen molar-refractivity contribution in [1.82, 2.24) is 4.90 Å². The highest BCUT2D eigenvalue weighted by atomic mass is 19.2. The van der Waals surface area contributed by atoms with Crippen LogP contribution in [0, 0.1) is 11.6 Å². The van der Waals surface area contributed by atoms with Crippen LogP contribution in [-0.4, -0.2) is 30.6 Å². The van der Waals surface area contributed by atoms with Crippen molar-refractivity contribution in [3.8, 4) is 0 Å². The first-order valence-corrected chi connectivity index (χ1v) is 5.98. The monoisotopic (exact) mass is 239 g/mol. The van der Waals surface area contributed by atoms with Gasteiger partial charge in [-0.2, -0.15) is 0 Å². The Balaban J connectivity index is 1.78. The van der Waals surface area contributed by atoms with Crippen LogP contribution in [0.4, 0.5) is 8.78 Å². The van der Waals surface area contributed by atoms with Gasteiger partial charge in [-0.25, -0.2) is 8.78 Å². The molecule has 0 aliphatic carbocycles. The van der Waals surface area contributed by atoms with Gasteiger partial charge >= 0.3 is 0 Å². The van der Waals surface area contributed by atoms with Crippen molar-refractivity contribution >= 4 is 0 Å². The number of likely N-dealkylation sites (tertiary alicyclic amines) is 1. The van der Waals surface area contributed by atoms with E-state index in [1.165, 1.54) is 6.07 Å². The lowest BCUT2D eigenvalue weighted by molar-refractivity contribution is 0.243. The van der Waals surface area contributed by atoms with Gasteiger partial charge in [-0.15, -0.1) is 0 Å². The fourth-order valence-corrected chi connectivity index (χ4v) is 2.76. The van der Waals surface area contributed by atoms with Crippen LogP contribution in [0.3, 0.4) is 0 Å². The number of benzene rings is 1. The van der Waals surface area contributed by atoms with Crippen molar-refractivity contribution in [2.45, 2.75) is 31.1 Å². The average Bonchev–Trinajstić information content (AvgIpc) is 2.98. The van der Waals surface area contributed by atoms with Gasteiger partial charge in [-0.05, 0) is 32.5 Å². The summed E-state index contributed by atoms with van der Waals surface area (Å²) >= 11 is 0. The second-order valence-electron chi connectivity index (χ2n) is 4.85. The molecule has 0 radical (unpaired) electrons. The molecule has 0 amide bonds. The number of nitrogens with zero attached hydrogens (tertiary/aromatic N) is 1. The molecule has 3 rings (SSSR count). The number of rotatable bonds is 2. The summed E-state index contributed by atoms with van der Waals surface area (Å²) in [7, 11) is 2.05. The zero-order valence-corrected chi connectivity index (χ0v) is 9.70. The molecule has 2 heterocycles. The Kier molecular flexibility index (Phi) is 2.64. The van der Waals surface area contributed by atoms with Crippen molar-refractivity contribution in [3.63, 3.8) is 0 Å². The van der Waals surface area contributed by atoms with E-state index < -0.39 is 11.6 Å². The number of hydrogen-bond acceptors (Lipinski definition) is 2. The molecular weight excluding hydrogens is 224 g/mol. The fourth-order valence-electron chi connectivity index (χ4n) is 2.76. The lowest BCUT2D eigenvalue weighted by atomic mass is 10.0. The number of ether oxygens (including phenoxy) is 1. The first kappa shape index (κ1) is 11.1. The smallest absolute Gasteiger partial charge is 0.164 e. The summed E-state index contributed by atoms with van der Waals surface area (Å²) in [6.45, 7) is 1.06. The Bertz CT molecular complexity index is 437. The van der Waals surface area contributed by atoms with E-state index in [1.54, 1.807) is 6.07 Å². The molecule has 4 heteroatoms. The molecular formula is C13H15F2NO. The Morgan fingerprint density at radius 2 is 2.18 bits per heavy atom. The molecule has 2 aliphatic rings. The van der Waals surface area contributed by atoms with Crippen LogP contribution in [0.2, 0.25) is 0 Å². The molecule has 0 saturated carbocycles. The highest BCUT2D eigenvalue weighted by Crippen LogP contribution is 2.45. The zero-order valence-electron chi connectivity index (χ0n) is 9.70. The van der Waals surface area contributed by atoms with Crippen LogP contribution in [-0.2, 0) is 4.74 Å². The maximum Gasteiger partial charge on any atom is 0.164 e. The summed E-state index contributed by atoms with van der Waals surface area (Å²) in [6.07, 6.45) is 1.99. The summed E-state index contributed by atoms with van der Waals surface area (Å²) in [5, 5.41) is 0. The van der Waals surface area contributed by atoms with Gasteiger partial charge < -0.3 is 9.64 Å². The van der Waals surface area contributed by atoms with Crippen molar-refractivity contribution in [2.75, 3.05) is 13.6 Å². The third-order valence-electron chi connectivity index (χ3n) is 3.77. The van der Waals surface area contributed by atoms with Crippen molar-refractivity contribution < 1.29 is 13.5 Å². The van der Waals surface area contributed by atoms with Crippen LogP contribution >= 0.6 is 0 Å². The van der Waals surface area contributed by atoms with Gasteiger partial charge in [0.15, 0.2) is 11.6 Å². The molecule has 17 heavy (non-hydrogen) atoms. The third kappa shape index (κ3) is 1.85. The van der Waals surface area contributed by atoms with Gasteiger partial charge in [0, 0.05) is 11.6 Å². The number of likely N-dealkylation sites (N-methyl/N-ethyl adjacent to an activating group) is 1. The Hall–Kier alpha value is -1.00. The first-order chi connectivity index (χ1) is 8.18. The van der Waals surface area contributed by atoms with Crippen molar-refractivity contribution in [3.05, 3.63) is 35.4 Å². The standard InChI is InChI=1S/C13H15F2NO/c1-16-7-3-6-10(16)13-12(17-13)8-4-2-5-9(14)11(8)15/h2,4-5,10,12-13H,3,6-7H2,1H3/t10-,12-,13-/m1/s1. The van der Waals surface area contributed by atoms with E-state index in [1.807, 2.05) is 0 Å². The number of epoxide rings is 1. The van der Waals surface area contributed by atoms with E-state index in [-0.39, 0.29) is 12.2 Å². The van der Waals surface area contributed by atoms with Crippen LogP contribution in [0.25, 0.3) is 0 Å². The lowest BCUT2D eigenvalue weighted by Gasteiger charge is -2.16. The molecule has 2 nitrogen and oxygen atoms in total. The van der Waals surface area contributed by atoms with Crippen LogP contribution < -0.4 is 0 Å². The second-order valence-corrected chi connectivity index (χ2v) is 4.85. The minimum Gasteiger partial charge on any atom is -0.363 e. The van der Waals surface area contributed by atoms with Gasteiger partial charge in [0.1, 0.15) is 12.2 Å². The second kappa shape index (κ2) is 4.03. The van der Waals surface area contributed by atoms with Gasteiger partial charge in [-0.1, -0.05) is 12.1 Å². The topological polar surface area (TPSA) is 15.8 Å². The van der Waals surface area contributed by atoms with Gasteiger partial charge in [0.25, 0.3) is 0 Å². The molecule has 0 bridgehead atoms. The van der Waals surface area contributed by atoms with Crippen LogP contribution in [0.15, 0.2) is 18.2 Å². The first-order valence-electron chi connectivity index (χ1n) is 5.98. The highest BCUT2D eigenvalue weighted by molar-refractivity contribution is 5.26. The van der Waals surface area contributed by atoms with Gasteiger partial charge in [0.2, 0.25) is 0 Å². The Morgan fingerprint density at radius 1 is 1.35 bits per heavy atom. The Morgan fingerprint density at radius 3 is 2.88 bits per heavy atom. The molecule has 2 aliphatic heterocycles. The van der Waals surface area contributed by atoms with Crippen molar-refractivity contribution in [1.29, 1.82) is 0 Å². The summed E-state index contributed by atoms with van der Waals surface area (Å²) in [6, 6.07) is 4.63. The largest absolute Gasteiger partial charge is 0.363 e. The quantitative estimate of drug-likeness (QED) is 0.737.